The van der Waals surface area contributed by atoms with E-state index in [9.17, 15) is 19.2 Å². The molecular formula is C8H14N2O8. The smallest absolute Gasteiger partial charge is 0.321 e. The normalized spacial score (nSPS) is 12.6. The zero-order chi connectivity index (χ0) is 14.9. The molecule has 0 unspecified atom stereocenters. The number of rotatable bonds is 6. The quantitative estimate of drug-likeness (QED) is 0.304. The minimum atomic E-state index is -1.29. The van der Waals surface area contributed by atoms with Crippen molar-refractivity contribution >= 4 is 23.9 Å². The van der Waals surface area contributed by atoms with Gasteiger partial charge in [-0.2, -0.15) is 0 Å². The van der Waals surface area contributed by atoms with Crippen LogP contribution in [0.5, 0.6) is 0 Å². The molecule has 0 aromatic rings. The molecule has 0 aromatic carbocycles. The van der Waals surface area contributed by atoms with Gasteiger partial charge >= 0.3 is 23.9 Å². The second kappa shape index (κ2) is 8.90. The molecule has 0 aliphatic rings. The van der Waals surface area contributed by atoms with Gasteiger partial charge in [0.05, 0.1) is 12.8 Å². The van der Waals surface area contributed by atoms with Crippen molar-refractivity contribution in [1.29, 1.82) is 0 Å². The van der Waals surface area contributed by atoms with E-state index in [1.165, 1.54) is 0 Å². The first-order valence-electron chi connectivity index (χ1n) is 4.48. The fourth-order valence-corrected chi connectivity index (χ4v) is 0.551. The van der Waals surface area contributed by atoms with Crippen LogP contribution in [0.1, 0.15) is 12.8 Å². The summed E-state index contributed by atoms with van der Waals surface area (Å²) in [7, 11) is 0. The Labute approximate surface area is 101 Å². The van der Waals surface area contributed by atoms with Gasteiger partial charge < -0.3 is 31.9 Å². The number of aliphatic carboxylic acids is 4. The molecule has 0 fully saturated rings. The van der Waals surface area contributed by atoms with Gasteiger partial charge in [-0.1, -0.05) is 0 Å². The number of hydrogen-bond acceptors (Lipinski definition) is 6. The largest absolute Gasteiger partial charge is 0.481 e. The first-order valence-corrected chi connectivity index (χ1v) is 4.48. The van der Waals surface area contributed by atoms with E-state index in [2.05, 4.69) is 0 Å². The van der Waals surface area contributed by atoms with Gasteiger partial charge in [-0.15, -0.1) is 0 Å². The predicted octanol–water partition coefficient (Wildman–Crippen LogP) is -2.25. The van der Waals surface area contributed by atoms with Gasteiger partial charge in [0.1, 0.15) is 12.1 Å². The Bertz CT molecular complexity index is 297. The van der Waals surface area contributed by atoms with Crippen LogP contribution >= 0.6 is 0 Å². The molecule has 0 aliphatic carbocycles. The van der Waals surface area contributed by atoms with Crippen molar-refractivity contribution in [2.24, 2.45) is 11.5 Å². The maximum absolute atomic E-state index is 9.85. The monoisotopic (exact) mass is 266 g/mol. The van der Waals surface area contributed by atoms with Crippen LogP contribution in [-0.2, 0) is 19.2 Å². The number of carbonyl (C=O) groups is 4. The minimum Gasteiger partial charge on any atom is -0.481 e. The van der Waals surface area contributed by atoms with Gasteiger partial charge in [0.2, 0.25) is 0 Å². The second-order valence-corrected chi connectivity index (χ2v) is 3.09. The molecule has 0 saturated heterocycles. The summed E-state index contributed by atoms with van der Waals surface area (Å²) in [5, 5.41) is 32.1. The molecule has 0 amide bonds. The van der Waals surface area contributed by atoms with E-state index in [4.69, 9.17) is 31.9 Å². The van der Waals surface area contributed by atoms with Crippen molar-refractivity contribution in [3.63, 3.8) is 0 Å². The summed E-state index contributed by atoms with van der Waals surface area (Å²) in [5.74, 6) is -5.00. The summed E-state index contributed by atoms with van der Waals surface area (Å²) in [6, 6.07) is -2.58. The van der Waals surface area contributed by atoms with Crippen LogP contribution in [0.15, 0.2) is 0 Å². The fourth-order valence-electron chi connectivity index (χ4n) is 0.551. The molecule has 2 atom stereocenters. The third kappa shape index (κ3) is 11.9. The van der Waals surface area contributed by atoms with Crippen molar-refractivity contribution in [1.82, 2.24) is 0 Å². The van der Waals surface area contributed by atoms with Gasteiger partial charge in [-0.05, 0) is 0 Å². The van der Waals surface area contributed by atoms with Gasteiger partial charge in [-0.3, -0.25) is 19.2 Å². The molecule has 104 valence electrons. The fraction of sp³-hybridized carbons (Fsp3) is 0.500. The summed E-state index contributed by atoms with van der Waals surface area (Å²) in [4.78, 5) is 39.2. The van der Waals surface area contributed by atoms with Crippen LogP contribution < -0.4 is 11.5 Å². The Morgan fingerprint density at radius 3 is 1.00 bits per heavy atom. The lowest BCUT2D eigenvalue weighted by molar-refractivity contribution is -0.144. The second-order valence-electron chi connectivity index (χ2n) is 3.09. The Kier molecular flexibility index (Phi) is 8.98. The maximum Gasteiger partial charge on any atom is 0.321 e. The summed E-state index contributed by atoms with van der Waals surface area (Å²) in [6.07, 6.45) is -1.06. The van der Waals surface area contributed by atoms with Crippen molar-refractivity contribution in [3.05, 3.63) is 0 Å². The predicted molar refractivity (Wildman–Crippen MR) is 55.7 cm³/mol. The highest BCUT2D eigenvalue weighted by Gasteiger charge is 2.15. The molecule has 0 aliphatic heterocycles. The van der Waals surface area contributed by atoms with Crippen LogP contribution in [0.25, 0.3) is 0 Å². The molecule has 0 spiro atoms. The Balaban J connectivity index is 0. The van der Waals surface area contributed by atoms with Crippen LogP contribution in [0.4, 0.5) is 0 Å². The third-order valence-corrected chi connectivity index (χ3v) is 1.42. The zero-order valence-corrected chi connectivity index (χ0v) is 9.15. The van der Waals surface area contributed by atoms with E-state index in [0.717, 1.165) is 0 Å². The highest BCUT2D eigenvalue weighted by molar-refractivity contribution is 5.80. The standard InChI is InChI=1S/2C4H7NO4/c2*5-2(4(8)9)1-3(6)7/h2*2H,1,5H2,(H,6,7)(H,8,9)/t2*2-/m10/s1. The molecule has 10 nitrogen and oxygen atoms in total. The molecule has 10 heteroatoms. The van der Waals surface area contributed by atoms with Crippen molar-refractivity contribution in [2.45, 2.75) is 24.9 Å². The van der Waals surface area contributed by atoms with Crippen molar-refractivity contribution in [2.75, 3.05) is 0 Å². The van der Waals surface area contributed by atoms with Crippen LogP contribution in [0.2, 0.25) is 0 Å². The van der Waals surface area contributed by atoms with Crippen LogP contribution in [0, 0.1) is 0 Å². The molecule has 18 heavy (non-hydrogen) atoms. The van der Waals surface area contributed by atoms with E-state index in [1.807, 2.05) is 0 Å². The Morgan fingerprint density at radius 2 is 0.944 bits per heavy atom. The van der Waals surface area contributed by atoms with Crippen molar-refractivity contribution < 1.29 is 39.6 Å². The summed E-state index contributed by atoms with van der Waals surface area (Å²) in [6.45, 7) is 0. The third-order valence-electron chi connectivity index (χ3n) is 1.42. The van der Waals surface area contributed by atoms with E-state index < -0.39 is 48.8 Å². The topological polar surface area (TPSA) is 201 Å². The van der Waals surface area contributed by atoms with E-state index >= 15 is 0 Å². The molecule has 8 N–H and O–H groups in total. The highest BCUT2D eigenvalue weighted by Crippen LogP contribution is 1.86. The van der Waals surface area contributed by atoms with Crippen molar-refractivity contribution in [3.8, 4) is 0 Å². The zero-order valence-electron chi connectivity index (χ0n) is 9.15. The lowest BCUT2D eigenvalue weighted by Gasteiger charge is -1.99. The Hall–Kier alpha value is -2.20. The summed E-state index contributed by atoms with van der Waals surface area (Å²) < 4.78 is 0. The van der Waals surface area contributed by atoms with E-state index in [-0.39, 0.29) is 0 Å². The lowest BCUT2D eigenvalue weighted by atomic mass is 10.2. The minimum absolute atomic E-state index is 0.532. The Morgan fingerprint density at radius 1 is 0.722 bits per heavy atom. The van der Waals surface area contributed by atoms with Gasteiger partial charge in [-0.25, -0.2) is 0 Å². The number of hydrogen-bond donors (Lipinski definition) is 6. The molecule has 0 aromatic heterocycles. The van der Waals surface area contributed by atoms with Crippen LogP contribution in [-0.4, -0.2) is 56.4 Å². The maximum atomic E-state index is 9.85. The summed E-state index contributed by atoms with van der Waals surface area (Å²) >= 11 is 0. The number of carboxylic acids is 4. The van der Waals surface area contributed by atoms with Gasteiger partial charge in [0.25, 0.3) is 0 Å². The molecule has 0 bridgehead atoms. The summed E-state index contributed by atoms with van der Waals surface area (Å²) in [5.41, 5.74) is 9.67. The first kappa shape index (κ1) is 18.2. The first-order chi connectivity index (χ1) is 8.07. The van der Waals surface area contributed by atoms with E-state index in [0.29, 0.717) is 0 Å². The molecule has 0 heterocycles. The number of carboxylic acid groups (broad SMARTS) is 4. The highest BCUT2D eigenvalue weighted by atomic mass is 16.4. The average molecular weight is 266 g/mol. The molecule has 0 radical (unpaired) electrons. The molecular weight excluding hydrogens is 252 g/mol. The average Bonchev–Trinajstić information content (AvgIpc) is 2.16. The lowest BCUT2D eigenvalue weighted by Crippen LogP contribution is -2.32. The SMILES string of the molecule is N[C@@H](CC(=O)O)C(=O)O.N[C@H](CC(=O)O)C(=O)O. The van der Waals surface area contributed by atoms with Gasteiger partial charge in [0, 0.05) is 0 Å². The van der Waals surface area contributed by atoms with Crippen LogP contribution in [0.3, 0.4) is 0 Å². The van der Waals surface area contributed by atoms with E-state index in [1.54, 1.807) is 0 Å². The van der Waals surface area contributed by atoms with Gasteiger partial charge in [0.15, 0.2) is 0 Å². The number of nitrogens with two attached hydrogens (primary N) is 2. The molecule has 0 saturated carbocycles. The molecule has 0 rings (SSSR count).